The molecule has 4 nitrogen and oxygen atoms in total. The predicted octanol–water partition coefficient (Wildman–Crippen LogP) is 1.99. The van der Waals surface area contributed by atoms with E-state index in [2.05, 4.69) is 12.2 Å². The van der Waals surface area contributed by atoms with Gasteiger partial charge in [0.2, 0.25) is 0 Å². The number of nitrogens with one attached hydrogen (secondary N) is 1. The highest BCUT2D eigenvalue weighted by molar-refractivity contribution is 5.90. The molecule has 104 valence electrons. The lowest BCUT2D eigenvalue weighted by molar-refractivity contribution is 0.0385. The Kier molecular flexibility index (Phi) is 4.93. The van der Waals surface area contributed by atoms with E-state index in [1.807, 2.05) is 18.2 Å². The average molecular weight is 263 g/mol. The second-order valence-corrected chi connectivity index (χ2v) is 4.98. The van der Waals surface area contributed by atoms with Crippen LogP contribution in [-0.4, -0.2) is 32.3 Å². The van der Waals surface area contributed by atoms with Gasteiger partial charge < -0.3 is 14.8 Å². The van der Waals surface area contributed by atoms with Gasteiger partial charge in [0.25, 0.3) is 0 Å². The van der Waals surface area contributed by atoms with Gasteiger partial charge in [-0.1, -0.05) is 25.1 Å². The SMILES string of the molecule is COC(=O)c1ccccc1CNC1CCOCC1C. The van der Waals surface area contributed by atoms with Crippen LogP contribution in [0.5, 0.6) is 0 Å². The van der Waals surface area contributed by atoms with Gasteiger partial charge in [0.05, 0.1) is 19.3 Å². The third kappa shape index (κ3) is 3.55. The fraction of sp³-hybridized carbons (Fsp3) is 0.533. The first-order valence-corrected chi connectivity index (χ1v) is 6.69. The lowest BCUT2D eigenvalue weighted by atomic mass is 9.97. The Hall–Kier alpha value is -1.39. The maximum atomic E-state index is 11.7. The molecule has 1 aromatic rings. The topological polar surface area (TPSA) is 47.6 Å². The summed E-state index contributed by atoms with van der Waals surface area (Å²) in [4.78, 5) is 11.7. The van der Waals surface area contributed by atoms with Crippen molar-refractivity contribution in [2.75, 3.05) is 20.3 Å². The summed E-state index contributed by atoms with van der Waals surface area (Å²) in [5.74, 6) is 0.219. The van der Waals surface area contributed by atoms with Gasteiger partial charge in [0.15, 0.2) is 0 Å². The normalized spacial score (nSPS) is 23.1. The first-order chi connectivity index (χ1) is 9.22. The van der Waals surface area contributed by atoms with E-state index in [4.69, 9.17) is 9.47 Å². The molecule has 1 N–H and O–H groups in total. The Morgan fingerprint density at radius 2 is 2.26 bits per heavy atom. The monoisotopic (exact) mass is 263 g/mol. The molecule has 2 rings (SSSR count). The number of esters is 1. The molecular weight excluding hydrogens is 242 g/mol. The standard InChI is InChI=1S/C15H21NO3/c1-11-10-19-8-7-14(11)16-9-12-5-3-4-6-13(12)15(17)18-2/h3-6,11,14,16H,7-10H2,1-2H3. The highest BCUT2D eigenvalue weighted by Crippen LogP contribution is 2.16. The van der Waals surface area contributed by atoms with Crippen LogP contribution in [0.25, 0.3) is 0 Å². The number of ether oxygens (including phenoxy) is 2. The van der Waals surface area contributed by atoms with Gasteiger partial charge in [-0.15, -0.1) is 0 Å². The van der Waals surface area contributed by atoms with Gasteiger partial charge in [0, 0.05) is 19.2 Å². The number of hydrogen-bond donors (Lipinski definition) is 1. The second-order valence-electron chi connectivity index (χ2n) is 4.98. The third-order valence-electron chi connectivity index (χ3n) is 3.62. The summed E-state index contributed by atoms with van der Waals surface area (Å²) < 4.78 is 10.2. The van der Waals surface area contributed by atoms with Crippen molar-refractivity contribution in [2.24, 2.45) is 5.92 Å². The summed E-state index contributed by atoms with van der Waals surface area (Å²) in [5.41, 5.74) is 1.62. The Bertz CT molecular complexity index is 433. The molecule has 19 heavy (non-hydrogen) atoms. The molecule has 0 bridgehead atoms. The summed E-state index contributed by atoms with van der Waals surface area (Å²) >= 11 is 0. The van der Waals surface area contributed by atoms with Crippen LogP contribution in [0.4, 0.5) is 0 Å². The van der Waals surface area contributed by atoms with Gasteiger partial charge in [-0.3, -0.25) is 0 Å². The number of carbonyl (C=O) groups is 1. The molecular formula is C15H21NO3. The zero-order valence-corrected chi connectivity index (χ0v) is 11.5. The van der Waals surface area contributed by atoms with E-state index in [1.165, 1.54) is 7.11 Å². The molecule has 0 amide bonds. The first-order valence-electron chi connectivity index (χ1n) is 6.69. The minimum Gasteiger partial charge on any atom is -0.465 e. The molecule has 2 atom stereocenters. The molecule has 1 aromatic carbocycles. The minimum absolute atomic E-state index is 0.280. The Morgan fingerprint density at radius 3 is 3.00 bits per heavy atom. The Balaban J connectivity index is 2.01. The van der Waals surface area contributed by atoms with E-state index in [9.17, 15) is 4.79 Å². The van der Waals surface area contributed by atoms with E-state index in [-0.39, 0.29) is 5.97 Å². The Labute approximate surface area is 114 Å². The van der Waals surface area contributed by atoms with Crippen molar-refractivity contribution < 1.29 is 14.3 Å². The quantitative estimate of drug-likeness (QED) is 0.844. The molecule has 1 heterocycles. The molecule has 0 radical (unpaired) electrons. The maximum absolute atomic E-state index is 11.7. The summed E-state index contributed by atoms with van der Waals surface area (Å²) in [6.07, 6.45) is 1.02. The number of carbonyl (C=O) groups excluding carboxylic acids is 1. The van der Waals surface area contributed by atoms with Crippen molar-refractivity contribution in [1.82, 2.24) is 5.32 Å². The smallest absolute Gasteiger partial charge is 0.338 e. The molecule has 1 saturated heterocycles. The zero-order valence-electron chi connectivity index (χ0n) is 11.5. The van der Waals surface area contributed by atoms with Crippen molar-refractivity contribution in [3.05, 3.63) is 35.4 Å². The van der Waals surface area contributed by atoms with Crippen molar-refractivity contribution in [3.8, 4) is 0 Å². The summed E-state index contributed by atoms with van der Waals surface area (Å²) in [7, 11) is 1.41. The van der Waals surface area contributed by atoms with Crippen LogP contribution in [0.2, 0.25) is 0 Å². The van der Waals surface area contributed by atoms with Crippen molar-refractivity contribution >= 4 is 5.97 Å². The van der Waals surface area contributed by atoms with Crippen LogP contribution in [0.15, 0.2) is 24.3 Å². The molecule has 1 aliphatic rings. The molecule has 0 saturated carbocycles. The van der Waals surface area contributed by atoms with Crippen LogP contribution in [0.3, 0.4) is 0 Å². The fourth-order valence-corrected chi connectivity index (χ4v) is 2.41. The van der Waals surface area contributed by atoms with E-state index in [0.29, 0.717) is 24.1 Å². The fourth-order valence-electron chi connectivity index (χ4n) is 2.41. The summed E-state index contributed by atoms with van der Waals surface area (Å²) in [5, 5.41) is 3.52. The van der Waals surface area contributed by atoms with Crippen molar-refractivity contribution in [2.45, 2.75) is 25.9 Å². The third-order valence-corrected chi connectivity index (χ3v) is 3.62. The lowest BCUT2D eigenvalue weighted by Crippen LogP contribution is -2.41. The molecule has 1 fully saturated rings. The molecule has 4 heteroatoms. The van der Waals surface area contributed by atoms with Gasteiger partial charge in [0.1, 0.15) is 0 Å². The number of hydrogen-bond acceptors (Lipinski definition) is 4. The van der Waals surface area contributed by atoms with E-state index in [1.54, 1.807) is 6.07 Å². The molecule has 0 aromatic heterocycles. The van der Waals surface area contributed by atoms with Gasteiger partial charge >= 0.3 is 5.97 Å². The van der Waals surface area contributed by atoms with E-state index >= 15 is 0 Å². The maximum Gasteiger partial charge on any atom is 0.338 e. The average Bonchev–Trinajstić information content (AvgIpc) is 2.46. The van der Waals surface area contributed by atoms with E-state index in [0.717, 1.165) is 25.2 Å². The van der Waals surface area contributed by atoms with Crippen molar-refractivity contribution in [1.29, 1.82) is 0 Å². The summed E-state index contributed by atoms with van der Waals surface area (Å²) in [6, 6.07) is 8.00. The summed E-state index contributed by atoms with van der Waals surface area (Å²) in [6.45, 7) is 4.47. The molecule has 2 unspecified atom stereocenters. The number of rotatable bonds is 4. The minimum atomic E-state index is -0.280. The lowest BCUT2D eigenvalue weighted by Gasteiger charge is -2.30. The highest BCUT2D eigenvalue weighted by Gasteiger charge is 2.21. The largest absolute Gasteiger partial charge is 0.465 e. The van der Waals surface area contributed by atoms with Gasteiger partial charge in [-0.05, 0) is 24.0 Å². The molecule has 1 aliphatic heterocycles. The number of benzene rings is 1. The number of methoxy groups -OCH3 is 1. The van der Waals surface area contributed by atoms with Crippen LogP contribution in [-0.2, 0) is 16.0 Å². The highest BCUT2D eigenvalue weighted by atomic mass is 16.5. The van der Waals surface area contributed by atoms with Crippen molar-refractivity contribution in [3.63, 3.8) is 0 Å². The molecule has 0 aliphatic carbocycles. The van der Waals surface area contributed by atoms with Crippen LogP contribution in [0, 0.1) is 5.92 Å². The predicted molar refractivity (Wildman–Crippen MR) is 73.0 cm³/mol. The van der Waals surface area contributed by atoms with Gasteiger partial charge in [-0.2, -0.15) is 0 Å². The second kappa shape index (κ2) is 6.68. The zero-order chi connectivity index (χ0) is 13.7. The Morgan fingerprint density at radius 1 is 1.47 bits per heavy atom. The van der Waals surface area contributed by atoms with Crippen LogP contribution in [0.1, 0.15) is 29.3 Å². The van der Waals surface area contributed by atoms with Crippen LogP contribution < -0.4 is 5.32 Å². The van der Waals surface area contributed by atoms with Crippen LogP contribution >= 0.6 is 0 Å². The van der Waals surface area contributed by atoms with Gasteiger partial charge in [-0.25, -0.2) is 4.79 Å². The first kappa shape index (κ1) is 14.0. The van der Waals surface area contributed by atoms with E-state index < -0.39 is 0 Å². The molecule has 0 spiro atoms.